The van der Waals surface area contributed by atoms with E-state index in [2.05, 4.69) is 11.4 Å². The third-order valence-electron chi connectivity index (χ3n) is 3.04. The third kappa shape index (κ3) is 3.11. The Kier molecular flexibility index (Phi) is 3.53. The molecule has 0 radical (unpaired) electrons. The maximum Gasteiger partial charge on any atom is 0.406 e. The van der Waals surface area contributed by atoms with Crippen molar-refractivity contribution in [1.29, 1.82) is 5.26 Å². The van der Waals surface area contributed by atoms with Crippen LogP contribution in [0, 0.1) is 16.7 Å². The molecule has 16 heavy (non-hydrogen) atoms. The molecule has 0 amide bonds. The van der Waals surface area contributed by atoms with Crippen LogP contribution < -0.4 is 5.32 Å². The maximum atomic E-state index is 12.5. The van der Waals surface area contributed by atoms with E-state index in [0.717, 1.165) is 0 Å². The predicted molar refractivity (Wildman–Crippen MR) is 54.7 cm³/mol. The fraction of sp³-hybridized carbons (Fsp3) is 0.909. The molecule has 0 unspecified atom stereocenters. The molecular weight excluding hydrogens is 217 g/mol. The molecule has 0 atom stereocenters. The first-order valence-electron chi connectivity index (χ1n) is 5.45. The normalized spacial score (nSPS) is 19.2. The summed E-state index contributed by atoms with van der Waals surface area (Å²) in [5, 5.41) is 11.3. The molecule has 1 N–H and O–H groups in total. The van der Waals surface area contributed by atoms with Crippen LogP contribution in [0.25, 0.3) is 0 Å². The molecule has 0 aromatic heterocycles. The van der Waals surface area contributed by atoms with Crippen molar-refractivity contribution in [2.45, 2.75) is 51.2 Å². The van der Waals surface area contributed by atoms with Crippen LogP contribution in [0.15, 0.2) is 0 Å². The Morgan fingerprint density at radius 1 is 1.31 bits per heavy atom. The van der Waals surface area contributed by atoms with Gasteiger partial charge in [-0.1, -0.05) is 0 Å². The smallest absolute Gasteiger partial charge is 0.304 e. The van der Waals surface area contributed by atoms with Gasteiger partial charge in [-0.05, 0) is 46.1 Å². The monoisotopic (exact) mass is 234 g/mol. The molecule has 0 aromatic rings. The Morgan fingerprint density at radius 3 is 2.25 bits per heavy atom. The van der Waals surface area contributed by atoms with Gasteiger partial charge in [0.1, 0.15) is 5.54 Å². The molecule has 92 valence electrons. The van der Waals surface area contributed by atoms with Gasteiger partial charge in [-0.15, -0.1) is 0 Å². The highest BCUT2D eigenvalue weighted by Crippen LogP contribution is 2.48. The van der Waals surface area contributed by atoms with Crippen LogP contribution in [0.3, 0.4) is 0 Å². The van der Waals surface area contributed by atoms with E-state index in [-0.39, 0.29) is 12.8 Å². The molecule has 0 spiro atoms. The Hall–Kier alpha value is -0.760. The van der Waals surface area contributed by atoms with Crippen molar-refractivity contribution in [2.24, 2.45) is 5.41 Å². The summed E-state index contributed by atoms with van der Waals surface area (Å²) in [6.45, 7) is 3.91. The van der Waals surface area contributed by atoms with E-state index >= 15 is 0 Å². The van der Waals surface area contributed by atoms with E-state index in [1.807, 2.05) is 0 Å². The van der Waals surface area contributed by atoms with E-state index in [4.69, 9.17) is 5.26 Å². The van der Waals surface area contributed by atoms with Crippen LogP contribution in [-0.4, -0.2) is 18.3 Å². The van der Waals surface area contributed by atoms with Gasteiger partial charge in [-0.2, -0.15) is 18.4 Å². The van der Waals surface area contributed by atoms with Crippen LogP contribution >= 0.6 is 0 Å². The molecule has 0 aliphatic heterocycles. The number of halogens is 3. The zero-order valence-electron chi connectivity index (χ0n) is 9.62. The van der Waals surface area contributed by atoms with Crippen molar-refractivity contribution in [1.82, 2.24) is 5.32 Å². The van der Waals surface area contributed by atoms with Gasteiger partial charge in [0, 0.05) is 0 Å². The van der Waals surface area contributed by atoms with Crippen LogP contribution in [-0.2, 0) is 0 Å². The quantitative estimate of drug-likeness (QED) is 0.742. The van der Waals surface area contributed by atoms with E-state index in [9.17, 15) is 13.2 Å². The molecular formula is C11H17F3N2. The summed E-state index contributed by atoms with van der Waals surface area (Å²) in [7, 11) is 0. The lowest BCUT2D eigenvalue weighted by Crippen LogP contribution is -2.45. The lowest BCUT2D eigenvalue weighted by Gasteiger charge is -2.21. The summed E-state index contributed by atoms with van der Waals surface area (Å²) in [6.07, 6.45) is -2.57. The highest BCUT2D eigenvalue weighted by Gasteiger charge is 2.62. The molecule has 1 aliphatic carbocycles. The van der Waals surface area contributed by atoms with Crippen molar-refractivity contribution < 1.29 is 13.2 Å². The minimum Gasteiger partial charge on any atom is -0.304 e. The third-order valence-corrected chi connectivity index (χ3v) is 3.04. The Morgan fingerprint density at radius 2 is 1.88 bits per heavy atom. The van der Waals surface area contributed by atoms with Gasteiger partial charge in [0.25, 0.3) is 0 Å². The minimum atomic E-state index is -4.14. The number of alkyl halides is 3. The lowest BCUT2D eigenvalue weighted by atomic mass is 9.90. The standard InChI is InChI=1S/C11H17F3N2/c1-9(2,8-15)4-3-7-16-10(5-6-10)11(12,13)14/h16H,3-7H2,1-2H3. The zero-order chi connectivity index (χ0) is 12.4. The van der Waals surface area contributed by atoms with Crippen molar-refractivity contribution in [3.63, 3.8) is 0 Å². The van der Waals surface area contributed by atoms with E-state index < -0.39 is 17.1 Å². The first-order valence-corrected chi connectivity index (χ1v) is 5.45. The summed E-state index contributed by atoms with van der Waals surface area (Å²) in [4.78, 5) is 0. The van der Waals surface area contributed by atoms with E-state index in [1.54, 1.807) is 13.8 Å². The highest BCUT2D eigenvalue weighted by molar-refractivity contribution is 5.07. The number of hydrogen-bond acceptors (Lipinski definition) is 2. The average Bonchev–Trinajstić information content (AvgIpc) is 2.92. The molecule has 1 aliphatic rings. The van der Waals surface area contributed by atoms with Crippen LogP contribution in [0.2, 0.25) is 0 Å². The minimum absolute atomic E-state index is 0.179. The highest BCUT2D eigenvalue weighted by atomic mass is 19.4. The predicted octanol–water partition coefficient (Wildman–Crippen LogP) is 3.00. The van der Waals surface area contributed by atoms with Crippen molar-refractivity contribution in [2.75, 3.05) is 6.54 Å². The molecule has 0 aromatic carbocycles. The Labute approximate surface area is 93.8 Å². The topological polar surface area (TPSA) is 35.8 Å². The number of hydrogen-bond donors (Lipinski definition) is 1. The largest absolute Gasteiger partial charge is 0.406 e. The Bertz CT molecular complexity index is 285. The van der Waals surface area contributed by atoms with E-state index in [1.165, 1.54) is 0 Å². The van der Waals surface area contributed by atoms with Crippen molar-refractivity contribution in [3.8, 4) is 6.07 Å². The summed E-state index contributed by atoms with van der Waals surface area (Å²) in [5.74, 6) is 0. The Balaban J connectivity index is 2.25. The molecule has 1 rings (SSSR count). The molecule has 1 saturated carbocycles. The first kappa shape index (κ1) is 13.3. The van der Waals surface area contributed by atoms with E-state index in [0.29, 0.717) is 19.4 Å². The van der Waals surface area contributed by atoms with Gasteiger partial charge < -0.3 is 5.32 Å². The fourth-order valence-electron chi connectivity index (χ4n) is 1.60. The van der Waals surface area contributed by atoms with Crippen LogP contribution in [0.5, 0.6) is 0 Å². The molecule has 1 fully saturated rings. The number of rotatable bonds is 5. The molecule has 0 heterocycles. The number of nitriles is 1. The number of nitrogens with zero attached hydrogens (tertiary/aromatic N) is 1. The zero-order valence-corrected chi connectivity index (χ0v) is 9.62. The van der Waals surface area contributed by atoms with Gasteiger partial charge in [0.15, 0.2) is 0 Å². The second-order valence-corrected chi connectivity index (χ2v) is 5.11. The van der Waals surface area contributed by atoms with Gasteiger partial charge in [-0.3, -0.25) is 0 Å². The maximum absolute atomic E-state index is 12.5. The summed E-state index contributed by atoms with van der Waals surface area (Å²) >= 11 is 0. The molecule has 0 saturated heterocycles. The second-order valence-electron chi connectivity index (χ2n) is 5.11. The SMILES string of the molecule is CC(C)(C#N)CCCNC1(C(F)(F)F)CC1. The van der Waals surface area contributed by atoms with Crippen molar-refractivity contribution in [3.05, 3.63) is 0 Å². The second kappa shape index (κ2) is 4.25. The van der Waals surface area contributed by atoms with Gasteiger partial charge in [-0.25, -0.2) is 0 Å². The molecule has 2 nitrogen and oxygen atoms in total. The lowest BCUT2D eigenvalue weighted by molar-refractivity contribution is -0.165. The van der Waals surface area contributed by atoms with Gasteiger partial charge in [0.05, 0.1) is 11.5 Å². The van der Waals surface area contributed by atoms with Crippen LogP contribution in [0.1, 0.15) is 39.5 Å². The fourth-order valence-corrected chi connectivity index (χ4v) is 1.60. The molecule has 0 bridgehead atoms. The molecule has 5 heteroatoms. The van der Waals surface area contributed by atoms with Crippen molar-refractivity contribution >= 4 is 0 Å². The van der Waals surface area contributed by atoms with Crippen LogP contribution in [0.4, 0.5) is 13.2 Å². The summed E-state index contributed by atoms with van der Waals surface area (Å²) in [6, 6.07) is 2.13. The summed E-state index contributed by atoms with van der Waals surface area (Å²) in [5.41, 5.74) is -2.07. The average molecular weight is 234 g/mol. The van der Waals surface area contributed by atoms with Gasteiger partial charge in [0.2, 0.25) is 0 Å². The first-order chi connectivity index (χ1) is 7.22. The summed E-state index contributed by atoms with van der Waals surface area (Å²) < 4.78 is 37.5. The van der Waals surface area contributed by atoms with Gasteiger partial charge >= 0.3 is 6.18 Å². The number of nitrogens with one attached hydrogen (secondary N) is 1.